The summed E-state index contributed by atoms with van der Waals surface area (Å²) in [6.07, 6.45) is 10.9. The Hall–Kier alpha value is -5.80. The highest BCUT2D eigenvalue weighted by molar-refractivity contribution is 7.00. The third-order valence-electron chi connectivity index (χ3n) is 17.4. The average Bonchev–Trinajstić information content (AvgIpc) is 4.17. The summed E-state index contributed by atoms with van der Waals surface area (Å²) >= 11 is 0. The van der Waals surface area contributed by atoms with Crippen LogP contribution < -0.4 is 26.2 Å². The molecule has 0 unspecified atom stereocenters. The SMILES string of the molecule is c1ccc2c(c1)B1c3ccccc3N(c3cccc4c3-c3ccccc3[C@@]43C[C@@H]4CC[C@H]3C4)c3cccc(c31)N2c1ccc2c(c1)-c1ccccc1[C@]21C[C@H]2CC[C@@H]1C2. The van der Waals surface area contributed by atoms with Gasteiger partial charge in [0.25, 0.3) is 6.71 Å². The molecule has 4 saturated carbocycles. The molecule has 59 heavy (non-hydrogen) atoms. The van der Waals surface area contributed by atoms with Crippen molar-refractivity contribution in [1.82, 2.24) is 0 Å². The molecule has 2 aliphatic heterocycles. The maximum absolute atomic E-state index is 2.66. The van der Waals surface area contributed by atoms with Gasteiger partial charge >= 0.3 is 0 Å². The maximum Gasteiger partial charge on any atom is 0.252 e. The first-order valence-electron chi connectivity index (χ1n) is 22.6. The number of benzene rings is 7. The molecule has 6 aliphatic carbocycles. The van der Waals surface area contributed by atoms with Gasteiger partial charge in [0, 0.05) is 44.8 Å². The number of nitrogens with zero attached hydrogens (tertiary/aromatic N) is 2. The van der Waals surface area contributed by atoms with E-state index in [0.717, 1.165) is 23.7 Å². The van der Waals surface area contributed by atoms with Gasteiger partial charge in [-0.2, -0.15) is 0 Å². The summed E-state index contributed by atoms with van der Waals surface area (Å²) in [6, 6.07) is 59.5. The van der Waals surface area contributed by atoms with Crippen LogP contribution in [0.1, 0.15) is 73.6 Å². The van der Waals surface area contributed by atoms with E-state index in [1.165, 1.54) is 124 Å². The Bertz CT molecular complexity index is 3000. The van der Waals surface area contributed by atoms with Gasteiger partial charge in [-0.3, -0.25) is 0 Å². The number of hydrogen-bond acceptors (Lipinski definition) is 2. The molecule has 6 atom stereocenters. The maximum atomic E-state index is 2.66. The fourth-order valence-electron chi connectivity index (χ4n) is 15.5. The lowest BCUT2D eigenvalue weighted by molar-refractivity contribution is 0.327. The molecule has 7 aromatic carbocycles. The first-order valence-corrected chi connectivity index (χ1v) is 22.6. The minimum atomic E-state index is 0.134. The molecule has 2 spiro atoms. The molecule has 282 valence electrons. The first-order chi connectivity index (χ1) is 29.2. The van der Waals surface area contributed by atoms with Crippen LogP contribution in [0.3, 0.4) is 0 Å². The van der Waals surface area contributed by atoms with Crippen molar-refractivity contribution in [2.24, 2.45) is 23.7 Å². The predicted octanol–water partition coefficient (Wildman–Crippen LogP) is 11.9. The smallest absolute Gasteiger partial charge is 0.252 e. The van der Waals surface area contributed by atoms with Crippen LogP contribution in [0.25, 0.3) is 22.3 Å². The van der Waals surface area contributed by atoms with Gasteiger partial charge in [0.2, 0.25) is 0 Å². The van der Waals surface area contributed by atoms with E-state index >= 15 is 0 Å². The van der Waals surface area contributed by atoms with Gasteiger partial charge in [0.1, 0.15) is 0 Å². The van der Waals surface area contributed by atoms with E-state index in [2.05, 4.69) is 161 Å². The quantitative estimate of drug-likeness (QED) is 0.162. The van der Waals surface area contributed by atoms with Crippen LogP contribution in [-0.4, -0.2) is 6.71 Å². The molecule has 0 N–H and O–H groups in total. The molecule has 0 radical (unpaired) electrons. The average molecular weight is 757 g/mol. The summed E-state index contributed by atoms with van der Waals surface area (Å²) in [4.78, 5) is 5.27. The number of hydrogen-bond donors (Lipinski definition) is 0. The Morgan fingerprint density at radius 3 is 1.64 bits per heavy atom. The van der Waals surface area contributed by atoms with E-state index in [-0.39, 0.29) is 17.5 Å². The minimum Gasteiger partial charge on any atom is -0.311 e. The van der Waals surface area contributed by atoms with Crippen molar-refractivity contribution < 1.29 is 0 Å². The summed E-state index contributed by atoms with van der Waals surface area (Å²) < 4.78 is 0. The summed E-state index contributed by atoms with van der Waals surface area (Å²) in [5.74, 6) is 3.20. The lowest BCUT2D eigenvalue weighted by Gasteiger charge is -2.44. The zero-order valence-corrected chi connectivity index (χ0v) is 33.4. The fourth-order valence-corrected chi connectivity index (χ4v) is 15.5. The van der Waals surface area contributed by atoms with Crippen LogP contribution >= 0.6 is 0 Å². The second-order valence-corrected chi connectivity index (χ2v) is 19.6. The molecular formula is C56H45BN2. The molecule has 0 saturated heterocycles. The molecule has 0 amide bonds. The van der Waals surface area contributed by atoms with Gasteiger partial charge in [0.15, 0.2) is 0 Å². The number of anilines is 6. The predicted molar refractivity (Wildman–Crippen MR) is 244 cm³/mol. The summed E-state index contributed by atoms with van der Waals surface area (Å²) in [5.41, 5.74) is 24.4. The van der Waals surface area contributed by atoms with Crippen LogP contribution in [0.5, 0.6) is 0 Å². The van der Waals surface area contributed by atoms with E-state index in [9.17, 15) is 0 Å². The van der Waals surface area contributed by atoms with Gasteiger partial charge < -0.3 is 9.80 Å². The van der Waals surface area contributed by atoms with Crippen LogP contribution in [0, 0.1) is 23.7 Å². The van der Waals surface area contributed by atoms with Crippen molar-refractivity contribution in [2.45, 2.75) is 62.2 Å². The van der Waals surface area contributed by atoms with Crippen molar-refractivity contribution >= 4 is 57.2 Å². The molecule has 2 heterocycles. The van der Waals surface area contributed by atoms with Crippen LogP contribution in [-0.2, 0) is 10.8 Å². The van der Waals surface area contributed by atoms with Gasteiger partial charge in [0.05, 0.1) is 5.69 Å². The molecule has 4 fully saturated rings. The Labute approximate surface area is 347 Å². The number of fused-ring (bicyclic) bond motifs is 20. The highest BCUT2D eigenvalue weighted by atomic mass is 15.2. The zero-order valence-electron chi connectivity index (χ0n) is 33.4. The Morgan fingerprint density at radius 2 is 0.949 bits per heavy atom. The largest absolute Gasteiger partial charge is 0.311 e. The molecule has 8 aliphatic rings. The summed E-state index contributed by atoms with van der Waals surface area (Å²) in [6.45, 7) is 0.134. The van der Waals surface area contributed by atoms with E-state index in [1.54, 1.807) is 22.3 Å². The van der Waals surface area contributed by atoms with Gasteiger partial charge in [-0.1, -0.05) is 122 Å². The van der Waals surface area contributed by atoms with Gasteiger partial charge in [-0.05, 0) is 160 Å². The topological polar surface area (TPSA) is 6.48 Å². The normalized spacial score (nSPS) is 27.5. The van der Waals surface area contributed by atoms with E-state index in [4.69, 9.17) is 0 Å². The Morgan fingerprint density at radius 1 is 0.424 bits per heavy atom. The molecule has 3 heteroatoms. The van der Waals surface area contributed by atoms with E-state index in [1.807, 2.05) is 0 Å². The monoisotopic (exact) mass is 756 g/mol. The third-order valence-corrected chi connectivity index (χ3v) is 17.4. The lowest BCUT2D eigenvalue weighted by Crippen LogP contribution is -2.61. The van der Waals surface area contributed by atoms with Gasteiger partial charge in [-0.15, -0.1) is 0 Å². The van der Waals surface area contributed by atoms with Gasteiger partial charge in [-0.25, -0.2) is 0 Å². The standard InChI is InChI=1S/C56H45BN2/c1-3-13-42-39(11-1)41-31-38(27-28-44(41)55(42)32-34-23-25-36(55)29-34)58-48-18-7-5-16-46(48)57-47-17-6-8-19-49(47)59(52-22-10-21-51(58)54(52)57)50-20-9-15-45-53(50)40-12-2-4-14-43(40)56(45)33-35-24-26-37(56)30-35/h1-22,27-28,31,34-37H,23-26,29-30,32-33H2/t34-,35+,36+,37-,55+,56-/m0/s1. The van der Waals surface area contributed by atoms with E-state index < -0.39 is 0 Å². The number of para-hydroxylation sites is 2. The molecule has 2 nitrogen and oxygen atoms in total. The summed E-state index contributed by atoms with van der Waals surface area (Å²) in [5, 5.41) is 0. The molecule has 0 aromatic heterocycles. The summed E-state index contributed by atoms with van der Waals surface area (Å²) in [7, 11) is 0. The molecular weight excluding hydrogens is 711 g/mol. The zero-order chi connectivity index (χ0) is 38.2. The Kier molecular flexibility index (Phi) is 6.02. The molecule has 4 bridgehead atoms. The van der Waals surface area contributed by atoms with Crippen LogP contribution in [0.15, 0.2) is 152 Å². The second-order valence-electron chi connectivity index (χ2n) is 19.6. The highest BCUT2D eigenvalue weighted by Gasteiger charge is 2.58. The Balaban J connectivity index is 0.959. The van der Waals surface area contributed by atoms with Crippen molar-refractivity contribution in [2.75, 3.05) is 9.80 Å². The second kappa shape index (κ2) is 11.1. The minimum absolute atomic E-state index is 0.134. The molecule has 15 rings (SSSR count). The lowest BCUT2D eigenvalue weighted by atomic mass is 9.33. The van der Waals surface area contributed by atoms with Crippen molar-refractivity contribution in [3.8, 4) is 22.3 Å². The van der Waals surface area contributed by atoms with Crippen molar-refractivity contribution in [3.05, 3.63) is 174 Å². The van der Waals surface area contributed by atoms with Crippen LogP contribution in [0.2, 0.25) is 0 Å². The van der Waals surface area contributed by atoms with Crippen molar-refractivity contribution in [3.63, 3.8) is 0 Å². The third kappa shape index (κ3) is 3.75. The fraction of sp³-hybridized carbons (Fsp3) is 0.250. The van der Waals surface area contributed by atoms with Crippen molar-refractivity contribution in [1.29, 1.82) is 0 Å². The first kappa shape index (κ1) is 32.1. The molecule has 7 aromatic rings. The highest BCUT2D eigenvalue weighted by Crippen LogP contribution is 2.68. The number of rotatable bonds is 2. The van der Waals surface area contributed by atoms with Crippen LogP contribution in [0.4, 0.5) is 34.1 Å². The van der Waals surface area contributed by atoms with E-state index in [0.29, 0.717) is 0 Å².